The molecule has 0 atom stereocenters. The Hall–Kier alpha value is -1.62. The Balaban J connectivity index is 2.25. The van der Waals surface area contributed by atoms with Crippen LogP contribution in [0, 0.1) is 12.3 Å². The standard InChI is InChI=1S/C17H24N2O2S/c1-12-6-8-15(9-7-12)22(20,21)19-18-16-10-11-17(4,5)14(3)13(16)2/h6-9,19H,10-11H2,1-5H3/b18-16-. The van der Waals surface area contributed by atoms with Gasteiger partial charge in [0, 0.05) is 0 Å². The average Bonchev–Trinajstić information content (AvgIpc) is 2.45. The molecule has 0 saturated heterocycles. The minimum Gasteiger partial charge on any atom is -0.200 e. The summed E-state index contributed by atoms with van der Waals surface area (Å²) in [4.78, 5) is 2.60. The molecule has 2 rings (SSSR count). The fourth-order valence-electron chi connectivity index (χ4n) is 2.55. The summed E-state index contributed by atoms with van der Waals surface area (Å²) in [6.45, 7) is 10.4. The topological polar surface area (TPSA) is 58.5 Å². The Morgan fingerprint density at radius 3 is 2.27 bits per heavy atom. The van der Waals surface area contributed by atoms with Crippen molar-refractivity contribution in [2.75, 3.05) is 0 Å². The van der Waals surface area contributed by atoms with E-state index in [-0.39, 0.29) is 10.3 Å². The maximum absolute atomic E-state index is 12.3. The molecule has 0 unspecified atom stereocenters. The maximum Gasteiger partial charge on any atom is 0.276 e. The van der Waals surface area contributed by atoms with E-state index in [9.17, 15) is 8.42 Å². The molecule has 1 aliphatic carbocycles. The van der Waals surface area contributed by atoms with Gasteiger partial charge in [0.25, 0.3) is 10.0 Å². The SMILES string of the molecule is CC1=C(C)C(C)(C)CC/C1=N/NS(=O)(=O)c1ccc(C)cc1. The molecule has 0 saturated carbocycles. The summed E-state index contributed by atoms with van der Waals surface area (Å²) in [7, 11) is -3.61. The first-order valence-electron chi connectivity index (χ1n) is 7.47. The summed E-state index contributed by atoms with van der Waals surface area (Å²) in [6, 6.07) is 6.74. The second-order valence-electron chi connectivity index (χ2n) is 6.60. The van der Waals surface area contributed by atoms with Gasteiger partial charge in [-0.15, -0.1) is 0 Å². The lowest BCUT2D eigenvalue weighted by molar-refractivity contribution is 0.405. The number of hydrazone groups is 1. The molecule has 0 aromatic heterocycles. The fraction of sp³-hybridized carbons (Fsp3) is 0.471. The van der Waals surface area contributed by atoms with Crippen LogP contribution in [0.5, 0.6) is 0 Å². The summed E-state index contributed by atoms with van der Waals surface area (Å²) in [5.41, 5.74) is 4.36. The number of rotatable bonds is 3. The van der Waals surface area contributed by atoms with Crippen molar-refractivity contribution >= 4 is 15.7 Å². The molecular weight excluding hydrogens is 296 g/mol. The van der Waals surface area contributed by atoms with E-state index in [1.54, 1.807) is 24.3 Å². The Bertz CT molecular complexity index is 726. The van der Waals surface area contributed by atoms with Gasteiger partial charge in [-0.05, 0) is 56.7 Å². The van der Waals surface area contributed by atoms with Gasteiger partial charge in [-0.2, -0.15) is 18.4 Å². The van der Waals surface area contributed by atoms with E-state index in [0.29, 0.717) is 0 Å². The van der Waals surface area contributed by atoms with Crippen molar-refractivity contribution in [1.82, 2.24) is 4.83 Å². The predicted molar refractivity (Wildman–Crippen MR) is 90.3 cm³/mol. The van der Waals surface area contributed by atoms with Crippen LogP contribution in [0.1, 0.15) is 46.1 Å². The number of benzene rings is 1. The molecule has 0 radical (unpaired) electrons. The second-order valence-corrected chi connectivity index (χ2v) is 8.26. The average molecular weight is 320 g/mol. The molecule has 22 heavy (non-hydrogen) atoms. The molecule has 5 heteroatoms. The van der Waals surface area contributed by atoms with Gasteiger partial charge in [0.05, 0.1) is 10.6 Å². The number of sulfonamides is 1. The third kappa shape index (κ3) is 3.40. The van der Waals surface area contributed by atoms with Crippen molar-refractivity contribution in [3.8, 4) is 0 Å². The van der Waals surface area contributed by atoms with Gasteiger partial charge in [0.15, 0.2) is 0 Å². The summed E-state index contributed by atoms with van der Waals surface area (Å²) in [5.74, 6) is 0. The molecule has 1 N–H and O–H groups in total. The molecule has 0 bridgehead atoms. The quantitative estimate of drug-likeness (QED) is 0.862. The van der Waals surface area contributed by atoms with E-state index >= 15 is 0 Å². The summed E-state index contributed by atoms with van der Waals surface area (Å²) < 4.78 is 24.5. The van der Waals surface area contributed by atoms with Gasteiger partial charge in [-0.25, -0.2) is 0 Å². The van der Waals surface area contributed by atoms with E-state index in [1.807, 2.05) is 13.8 Å². The predicted octanol–water partition coefficient (Wildman–Crippen LogP) is 3.79. The van der Waals surface area contributed by atoms with Crippen molar-refractivity contribution in [3.63, 3.8) is 0 Å². The first-order chi connectivity index (χ1) is 10.1. The van der Waals surface area contributed by atoms with Gasteiger partial charge in [-0.3, -0.25) is 0 Å². The fourth-order valence-corrected chi connectivity index (χ4v) is 3.39. The Kier molecular flexibility index (Phi) is 4.47. The highest BCUT2D eigenvalue weighted by molar-refractivity contribution is 7.89. The number of hydrogen-bond acceptors (Lipinski definition) is 3. The molecule has 1 aromatic carbocycles. The van der Waals surface area contributed by atoms with Crippen LogP contribution < -0.4 is 4.83 Å². The smallest absolute Gasteiger partial charge is 0.200 e. The maximum atomic E-state index is 12.3. The van der Waals surface area contributed by atoms with Crippen LogP contribution >= 0.6 is 0 Å². The van der Waals surface area contributed by atoms with Crippen molar-refractivity contribution in [3.05, 3.63) is 41.0 Å². The zero-order chi connectivity index (χ0) is 16.5. The summed E-state index contributed by atoms with van der Waals surface area (Å²) in [5, 5.41) is 4.17. The molecule has 0 spiro atoms. The van der Waals surface area contributed by atoms with E-state index in [1.165, 1.54) is 5.57 Å². The van der Waals surface area contributed by atoms with Gasteiger partial charge in [0.2, 0.25) is 0 Å². The van der Waals surface area contributed by atoms with Crippen molar-refractivity contribution < 1.29 is 8.42 Å². The first kappa shape index (κ1) is 16.7. The van der Waals surface area contributed by atoms with Crippen LogP contribution in [0.3, 0.4) is 0 Å². The number of hydrogen-bond donors (Lipinski definition) is 1. The van der Waals surface area contributed by atoms with Crippen LogP contribution in [0.2, 0.25) is 0 Å². The van der Waals surface area contributed by atoms with E-state index in [2.05, 4.69) is 30.7 Å². The third-order valence-electron chi connectivity index (χ3n) is 4.63. The summed E-state index contributed by atoms with van der Waals surface area (Å²) in [6.07, 6.45) is 1.76. The van der Waals surface area contributed by atoms with E-state index < -0.39 is 10.0 Å². The molecule has 1 aromatic rings. The Labute approximate surface area is 133 Å². The third-order valence-corrected chi connectivity index (χ3v) is 5.85. The van der Waals surface area contributed by atoms with E-state index in [4.69, 9.17) is 0 Å². The minimum absolute atomic E-state index is 0.152. The molecule has 120 valence electrons. The Morgan fingerprint density at radius 2 is 1.68 bits per heavy atom. The van der Waals surface area contributed by atoms with Crippen molar-refractivity contribution in [2.45, 2.75) is 52.4 Å². The normalized spacial score (nSPS) is 20.3. The highest BCUT2D eigenvalue weighted by Gasteiger charge is 2.28. The van der Waals surface area contributed by atoms with Crippen LogP contribution in [-0.2, 0) is 10.0 Å². The van der Waals surface area contributed by atoms with E-state index in [0.717, 1.165) is 29.7 Å². The highest BCUT2D eigenvalue weighted by atomic mass is 32.2. The first-order valence-corrected chi connectivity index (χ1v) is 8.95. The highest BCUT2D eigenvalue weighted by Crippen LogP contribution is 2.38. The van der Waals surface area contributed by atoms with Crippen LogP contribution in [0.4, 0.5) is 0 Å². The second kappa shape index (κ2) is 5.88. The lowest BCUT2D eigenvalue weighted by atomic mass is 9.73. The number of nitrogens with one attached hydrogen (secondary N) is 1. The zero-order valence-corrected chi connectivity index (χ0v) is 14.7. The number of aryl methyl sites for hydroxylation is 1. The van der Waals surface area contributed by atoms with Crippen LogP contribution in [-0.4, -0.2) is 14.1 Å². The van der Waals surface area contributed by atoms with Gasteiger partial charge in [0.1, 0.15) is 0 Å². The largest absolute Gasteiger partial charge is 0.276 e. The van der Waals surface area contributed by atoms with Gasteiger partial charge >= 0.3 is 0 Å². The van der Waals surface area contributed by atoms with Crippen LogP contribution in [0.15, 0.2) is 45.4 Å². The molecule has 0 aliphatic heterocycles. The molecule has 0 amide bonds. The zero-order valence-electron chi connectivity index (χ0n) is 13.9. The lowest BCUT2D eigenvalue weighted by Crippen LogP contribution is -2.27. The van der Waals surface area contributed by atoms with Crippen molar-refractivity contribution in [2.24, 2.45) is 10.5 Å². The summed E-state index contributed by atoms with van der Waals surface area (Å²) >= 11 is 0. The molecule has 1 aliphatic rings. The van der Waals surface area contributed by atoms with Gasteiger partial charge < -0.3 is 0 Å². The molecular formula is C17H24N2O2S. The van der Waals surface area contributed by atoms with Gasteiger partial charge in [-0.1, -0.05) is 37.1 Å². The lowest BCUT2D eigenvalue weighted by Gasteiger charge is -2.33. The molecule has 0 heterocycles. The minimum atomic E-state index is -3.61. The monoisotopic (exact) mass is 320 g/mol. The Morgan fingerprint density at radius 1 is 1.09 bits per heavy atom. The van der Waals surface area contributed by atoms with Crippen molar-refractivity contribution in [1.29, 1.82) is 0 Å². The number of nitrogens with zero attached hydrogens (tertiary/aromatic N) is 1. The number of allylic oxidation sites excluding steroid dienone is 2. The molecule has 4 nitrogen and oxygen atoms in total. The molecule has 0 fully saturated rings. The van der Waals surface area contributed by atoms with Crippen LogP contribution in [0.25, 0.3) is 0 Å².